The van der Waals surface area contributed by atoms with Crippen LogP contribution < -0.4 is 5.32 Å². The van der Waals surface area contributed by atoms with Crippen molar-refractivity contribution in [2.24, 2.45) is 11.8 Å². The van der Waals surface area contributed by atoms with Gasteiger partial charge in [0.25, 0.3) is 0 Å². The number of carbonyl (C=O) groups excluding carboxylic acids is 4. The normalized spacial score (nSPS) is 19.9. The van der Waals surface area contributed by atoms with E-state index in [1.807, 2.05) is 74.5 Å². The van der Waals surface area contributed by atoms with Gasteiger partial charge in [0, 0.05) is 37.0 Å². The average Bonchev–Trinajstić information content (AvgIpc) is 3.19. The molecule has 4 atom stereocenters. The van der Waals surface area contributed by atoms with E-state index in [-0.39, 0.29) is 61.0 Å². The first-order chi connectivity index (χ1) is 18.8. The third kappa shape index (κ3) is 6.77. The Morgan fingerprint density at radius 2 is 1.62 bits per heavy atom. The van der Waals surface area contributed by atoms with Crippen molar-refractivity contribution in [3.05, 3.63) is 82.9 Å². The summed E-state index contributed by atoms with van der Waals surface area (Å²) in [6, 6.07) is 15.9. The van der Waals surface area contributed by atoms with E-state index < -0.39 is 6.04 Å². The van der Waals surface area contributed by atoms with Crippen LogP contribution in [0.5, 0.6) is 0 Å². The molecule has 39 heavy (non-hydrogen) atoms. The van der Waals surface area contributed by atoms with Crippen LogP contribution in [0.15, 0.2) is 66.7 Å². The fraction of sp³-hybridized carbons (Fsp3) is 0.419. The largest absolute Gasteiger partial charge is 0.352 e. The van der Waals surface area contributed by atoms with Crippen molar-refractivity contribution in [3.63, 3.8) is 0 Å². The van der Waals surface area contributed by atoms with Gasteiger partial charge in [0.05, 0.1) is 11.8 Å². The van der Waals surface area contributed by atoms with Crippen LogP contribution in [0.25, 0.3) is 0 Å². The maximum atomic E-state index is 13.9. The van der Waals surface area contributed by atoms with E-state index in [1.165, 1.54) is 4.90 Å². The van der Waals surface area contributed by atoms with E-state index in [4.69, 9.17) is 11.6 Å². The second-order valence-corrected chi connectivity index (χ2v) is 10.8. The molecule has 4 amide bonds. The van der Waals surface area contributed by atoms with Gasteiger partial charge < -0.3 is 10.2 Å². The molecule has 0 aromatic heterocycles. The number of amides is 4. The van der Waals surface area contributed by atoms with Crippen molar-refractivity contribution in [2.75, 3.05) is 6.54 Å². The van der Waals surface area contributed by atoms with Crippen molar-refractivity contribution < 1.29 is 19.2 Å². The number of nitrogens with zero attached hydrogens (tertiary/aromatic N) is 2. The third-order valence-electron chi connectivity index (χ3n) is 7.72. The smallest absolute Gasteiger partial charge is 0.243 e. The molecule has 206 valence electrons. The number of fused-ring (bicyclic) bond motifs is 1. The highest BCUT2D eigenvalue weighted by atomic mass is 35.5. The summed E-state index contributed by atoms with van der Waals surface area (Å²) in [6.45, 7) is 4.03. The molecule has 2 aromatic rings. The third-order valence-corrected chi connectivity index (χ3v) is 8.09. The first-order valence-electron chi connectivity index (χ1n) is 13.7. The van der Waals surface area contributed by atoms with Gasteiger partial charge in [0.1, 0.15) is 6.04 Å². The van der Waals surface area contributed by atoms with Crippen molar-refractivity contribution in [3.8, 4) is 0 Å². The molecule has 4 rings (SSSR count). The van der Waals surface area contributed by atoms with Gasteiger partial charge in [-0.25, -0.2) is 0 Å². The molecular weight excluding hydrogens is 514 g/mol. The van der Waals surface area contributed by atoms with Crippen LogP contribution in [-0.4, -0.2) is 52.1 Å². The summed E-state index contributed by atoms with van der Waals surface area (Å²) >= 11 is 6.47. The first-order valence-corrected chi connectivity index (χ1v) is 14.0. The Morgan fingerprint density at radius 1 is 1.00 bits per heavy atom. The number of hydrogen-bond donors (Lipinski definition) is 1. The molecule has 0 bridgehead atoms. The van der Waals surface area contributed by atoms with Crippen LogP contribution in [-0.2, 0) is 32.1 Å². The Balaban J connectivity index is 1.60. The number of carbonyl (C=O) groups is 4. The SMILES string of the molecule is CC[C@@H](C)NC(=O)[C@@H](Cc1ccccc1)N(Cc1ccccc1Cl)C(=O)CCN1C(=O)[C@H]2CC=CC[C@H]2C1=O. The lowest BCUT2D eigenvalue weighted by Gasteiger charge is -2.33. The van der Waals surface area contributed by atoms with Gasteiger partial charge in [-0.1, -0.05) is 79.2 Å². The molecule has 7 nitrogen and oxygen atoms in total. The van der Waals surface area contributed by atoms with E-state index in [1.54, 1.807) is 11.0 Å². The lowest BCUT2D eigenvalue weighted by Crippen LogP contribution is -2.52. The molecule has 2 aliphatic rings. The lowest BCUT2D eigenvalue weighted by molar-refractivity contribution is -0.144. The van der Waals surface area contributed by atoms with Crippen LogP contribution in [0.4, 0.5) is 0 Å². The number of likely N-dealkylation sites (tertiary alicyclic amines) is 1. The van der Waals surface area contributed by atoms with Gasteiger partial charge in [-0.3, -0.25) is 24.1 Å². The molecule has 1 aliphatic heterocycles. The molecule has 2 aromatic carbocycles. The summed E-state index contributed by atoms with van der Waals surface area (Å²) in [7, 11) is 0. The average molecular weight is 550 g/mol. The molecule has 8 heteroatoms. The van der Waals surface area contributed by atoms with Gasteiger partial charge in [-0.15, -0.1) is 0 Å². The van der Waals surface area contributed by atoms with Crippen LogP contribution in [0.2, 0.25) is 5.02 Å². The maximum absolute atomic E-state index is 13.9. The van der Waals surface area contributed by atoms with Crippen molar-refractivity contribution >= 4 is 35.2 Å². The molecule has 0 unspecified atom stereocenters. The summed E-state index contributed by atoms with van der Waals surface area (Å²) in [4.78, 5) is 56.2. The Labute approximate surface area is 235 Å². The Kier molecular flexibility index (Phi) is 9.57. The number of allylic oxidation sites excluding steroid dienone is 2. The van der Waals surface area contributed by atoms with Gasteiger partial charge in [-0.05, 0) is 43.4 Å². The van der Waals surface area contributed by atoms with E-state index in [0.717, 1.165) is 12.0 Å². The molecule has 1 saturated heterocycles. The van der Waals surface area contributed by atoms with Gasteiger partial charge in [-0.2, -0.15) is 0 Å². The predicted octanol–water partition coefficient (Wildman–Crippen LogP) is 4.54. The van der Waals surface area contributed by atoms with E-state index in [0.29, 0.717) is 29.8 Å². The molecule has 0 spiro atoms. The molecule has 0 radical (unpaired) electrons. The van der Waals surface area contributed by atoms with Gasteiger partial charge in [0.2, 0.25) is 23.6 Å². The molecule has 1 aliphatic carbocycles. The minimum absolute atomic E-state index is 0.00639. The minimum atomic E-state index is -0.804. The number of benzene rings is 2. The number of rotatable bonds is 11. The molecule has 1 heterocycles. The fourth-order valence-electron chi connectivity index (χ4n) is 5.25. The standard InChI is InChI=1S/C31H36ClN3O4/c1-3-21(2)33-29(37)27(19-22-11-5-4-6-12-22)35(20-23-13-7-10-16-26(23)32)28(36)17-18-34-30(38)24-14-8-9-15-25(24)31(34)39/h4-13,16,21,24-25,27H,3,14-15,17-20H2,1-2H3,(H,33,37)/t21-,24-,25+,27-/m1/s1. The molecular formula is C31H36ClN3O4. The van der Waals surface area contributed by atoms with E-state index >= 15 is 0 Å². The zero-order valence-corrected chi connectivity index (χ0v) is 23.3. The second-order valence-electron chi connectivity index (χ2n) is 10.4. The number of halogens is 1. The summed E-state index contributed by atoms with van der Waals surface area (Å²) in [5, 5.41) is 3.54. The fourth-order valence-corrected chi connectivity index (χ4v) is 5.44. The monoisotopic (exact) mass is 549 g/mol. The molecule has 0 saturated carbocycles. The molecule has 1 N–H and O–H groups in total. The summed E-state index contributed by atoms with van der Waals surface area (Å²) in [5.41, 5.74) is 1.63. The number of hydrogen-bond acceptors (Lipinski definition) is 4. The Hall–Kier alpha value is -3.45. The highest BCUT2D eigenvalue weighted by molar-refractivity contribution is 6.31. The first kappa shape index (κ1) is 28.6. The summed E-state index contributed by atoms with van der Waals surface area (Å²) in [6.07, 6.45) is 5.97. The topological polar surface area (TPSA) is 86.8 Å². The van der Waals surface area contributed by atoms with Gasteiger partial charge >= 0.3 is 0 Å². The Bertz CT molecular complexity index is 1210. The van der Waals surface area contributed by atoms with Crippen LogP contribution in [0, 0.1) is 11.8 Å². The van der Waals surface area contributed by atoms with Crippen molar-refractivity contribution in [2.45, 2.75) is 64.6 Å². The van der Waals surface area contributed by atoms with E-state index in [9.17, 15) is 19.2 Å². The van der Waals surface area contributed by atoms with Crippen LogP contribution in [0.1, 0.15) is 50.7 Å². The van der Waals surface area contributed by atoms with Crippen molar-refractivity contribution in [1.29, 1.82) is 0 Å². The number of imide groups is 1. The maximum Gasteiger partial charge on any atom is 0.243 e. The highest BCUT2D eigenvalue weighted by Crippen LogP contribution is 2.35. The molecule has 1 fully saturated rings. The zero-order chi connectivity index (χ0) is 27.9. The summed E-state index contributed by atoms with van der Waals surface area (Å²) < 4.78 is 0. The zero-order valence-electron chi connectivity index (χ0n) is 22.5. The minimum Gasteiger partial charge on any atom is -0.352 e. The van der Waals surface area contributed by atoms with E-state index in [2.05, 4.69) is 5.32 Å². The highest BCUT2D eigenvalue weighted by Gasteiger charge is 2.47. The van der Waals surface area contributed by atoms with Gasteiger partial charge in [0.15, 0.2) is 0 Å². The number of nitrogens with one attached hydrogen (secondary N) is 1. The van der Waals surface area contributed by atoms with Crippen LogP contribution >= 0.6 is 11.6 Å². The van der Waals surface area contributed by atoms with Crippen LogP contribution in [0.3, 0.4) is 0 Å². The predicted molar refractivity (Wildman–Crippen MR) is 151 cm³/mol. The van der Waals surface area contributed by atoms with Crippen molar-refractivity contribution in [1.82, 2.24) is 15.1 Å². The quantitative estimate of drug-likeness (QED) is 0.329. The second kappa shape index (κ2) is 13.1. The Morgan fingerprint density at radius 3 is 2.23 bits per heavy atom. The summed E-state index contributed by atoms with van der Waals surface area (Å²) in [5.74, 6) is -1.68. The lowest BCUT2D eigenvalue weighted by atomic mass is 9.85.